The minimum Gasteiger partial charge on any atom is -0.366 e. The molecule has 1 unspecified atom stereocenters. The van der Waals surface area contributed by atoms with Crippen LogP contribution < -0.4 is 10.2 Å². The summed E-state index contributed by atoms with van der Waals surface area (Å²) in [6.07, 6.45) is 1.03. The highest BCUT2D eigenvalue weighted by Crippen LogP contribution is 2.19. The van der Waals surface area contributed by atoms with Gasteiger partial charge in [0.25, 0.3) is 5.91 Å². The summed E-state index contributed by atoms with van der Waals surface area (Å²) >= 11 is 1.35. The van der Waals surface area contributed by atoms with E-state index in [0.717, 1.165) is 5.69 Å². The summed E-state index contributed by atoms with van der Waals surface area (Å²) in [6.45, 7) is 1.44. The average molecular weight is 307 g/mol. The number of nitrogens with one attached hydrogen (secondary N) is 1. The van der Waals surface area contributed by atoms with Crippen LogP contribution in [0, 0.1) is 5.82 Å². The molecule has 1 atom stereocenters. The fraction of sp³-hybridized carbons (Fsp3) is 0.286. The first-order valence-electron chi connectivity index (χ1n) is 6.55. The van der Waals surface area contributed by atoms with Crippen molar-refractivity contribution in [1.29, 1.82) is 0 Å². The Kier molecular flexibility index (Phi) is 4.12. The van der Waals surface area contributed by atoms with Crippen molar-refractivity contribution in [3.05, 3.63) is 41.7 Å². The largest absolute Gasteiger partial charge is 0.366 e. The molecule has 1 N–H and O–H groups in total. The number of hydrogen-bond acceptors (Lipinski definition) is 5. The molecule has 0 saturated carbocycles. The maximum absolute atomic E-state index is 13.3. The van der Waals surface area contributed by atoms with Gasteiger partial charge in [-0.1, -0.05) is 6.07 Å². The van der Waals surface area contributed by atoms with E-state index in [1.54, 1.807) is 17.6 Å². The van der Waals surface area contributed by atoms with Gasteiger partial charge in [-0.15, -0.1) is 11.3 Å². The minimum absolute atomic E-state index is 0.231. The van der Waals surface area contributed by atoms with Crippen LogP contribution >= 0.6 is 11.3 Å². The van der Waals surface area contributed by atoms with E-state index < -0.39 is 6.10 Å². The van der Waals surface area contributed by atoms with Gasteiger partial charge in [-0.2, -0.15) is 0 Å². The molecule has 0 spiro atoms. The van der Waals surface area contributed by atoms with Gasteiger partial charge in [-0.25, -0.2) is 9.37 Å². The summed E-state index contributed by atoms with van der Waals surface area (Å²) in [5.74, 6) is -0.520. The second-order valence-electron chi connectivity index (χ2n) is 4.61. The molecule has 1 amide bonds. The van der Waals surface area contributed by atoms with Crippen molar-refractivity contribution in [2.24, 2.45) is 0 Å². The molecule has 5 nitrogen and oxygen atoms in total. The van der Waals surface area contributed by atoms with Gasteiger partial charge >= 0.3 is 0 Å². The molecular weight excluding hydrogens is 293 g/mol. The van der Waals surface area contributed by atoms with E-state index >= 15 is 0 Å². The first kappa shape index (κ1) is 14.0. The predicted molar refractivity (Wildman–Crippen MR) is 79.1 cm³/mol. The van der Waals surface area contributed by atoms with E-state index in [0.29, 0.717) is 24.8 Å². The van der Waals surface area contributed by atoms with Crippen LogP contribution in [0.5, 0.6) is 0 Å². The Morgan fingerprint density at radius 1 is 1.52 bits per heavy atom. The van der Waals surface area contributed by atoms with Gasteiger partial charge in [0.1, 0.15) is 5.82 Å². The number of carbonyl (C=O) groups is 1. The molecule has 1 aliphatic heterocycles. The zero-order chi connectivity index (χ0) is 14.7. The number of thiazole rings is 1. The van der Waals surface area contributed by atoms with Crippen molar-refractivity contribution >= 4 is 28.1 Å². The van der Waals surface area contributed by atoms with Crippen LogP contribution in [0.2, 0.25) is 0 Å². The van der Waals surface area contributed by atoms with Crippen molar-refractivity contribution < 1.29 is 13.9 Å². The lowest BCUT2D eigenvalue weighted by molar-refractivity contribution is -0.128. The van der Waals surface area contributed by atoms with Crippen LogP contribution in [0.15, 0.2) is 35.8 Å². The number of amides is 1. The zero-order valence-corrected chi connectivity index (χ0v) is 12.0. The quantitative estimate of drug-likeness (QED) is 0.944. The Bertz CT molecular complexity index is 620. The first-order valence-corrected chi connectivity index (χ1v) is 7.43. The molecule has 1 fully saturated rings. The molecule has 0 aliphatic carbocycles. The Morgan fingerprint density at radius 3 is 3.19 bits per heavy atom. The summed E-state index contributed by atoms with van der Waals surface area (Å²) in [7, 11) is 0. The number of rotatable bonds is 3. The number of nitrogens with zero attached hydrogens (tertiary/aromatic N) is 2. The molecule has 21 heavy (non-hydrogen) atoms. The summed E-state index contributed by atoms with van der Waals surface area (Å²) in [5.41, 5.74) is 0.755. The maximum atomic E-state index is 13.3. The van der Waals surface area contributed by atoms with Gasteiger partial charge < -0.3 is 9.64 Å². The Balaban J connectivity index is 1.66. The average Bonchev–Trinajstić information content (AvgIpc) is 3.00. The van der Waals surface area contributed by atoms with E-state index in [1.807, 2.05) is 11.0 Å². The zero-order valence-electron chi connectivity index (χ0n) is 11.2. The molecule has 7 heteroatoms. The van der Waals surface area contributed by atoms with E-state index in [9.17, 15) is 9.18 Å². The van der Waals surface area contributed by atoms with Gasteiger partial charge in [0.2, 0.25) is 0 Å². The summed E-state index contributed by atoms with van der Waals surface area (Å²) < 4.78 is 18.8. The lowest BCUT2D eigenvalue weighted by Gasteiger charge is -2.33. The van der Waals surface area contributed by atoms with Gasteiger partial charge in [-0.05, 0) is 18.2 Å². The third-order valence-corrected chi connectivity index (χ3v) is 3.88. The number of anilines is 2. The fourth-order valence-electron chi connectivity index (χ4n) is 2.19. The molecule has 2 aromatic rings. The van der Waals surface area contributed by atoms with Crippen LogP contribution in [0.3, 0.4) is 0 Å². The van der Waals surface area contributed by atoms with E-state index in [-0.39, 0.29) is 11.7 Å². The van der Waals surface area contributed by atoms with E-state index in [1.165, 1.54) is 23.5 Å². The Hall–Kier alpha value is -1.99. The van der Waals surface area contributed by atoms with Crippen molar-refractivity contribution in [2.75, 3.05) is 29.9 Å². The van der Waals surface area contributed by atoms with Crippen LogP contribution in [0.25, 0.3) is 0 Å². The fourth-order valence-corrected chi connectivity index (χ4v) is 2.72. The van der Waals surface area contributed by atoms with Gasteiger partial charge in [0, 0.05) is 23.8 Å². The topological polar surface area (TPSA) is 54.5 Å². The van der Waals surface area contributed by atoms with Gasteiger partial charge in [-0.3, -0.25) is 10.1 Å². The summed E-state index contributed by atoms with van der Waals surface area (Å²) in [4.78, 5) is 18.1. The Labute approximate surface area is 125 Å². The standard InChI is InChI=1S/C14H14FN3O2S/c15-10-2-1-3-11(8-10)18-5-6-20-12(9-18)13(19)17-14-16-4-7-21-14/h1-4,7-8,12H,5-6,9H2,(H,16,17,19). The van der Waals surface area contributed by atoms with Crippen molar-refractivity contribution in [3.8, 4) is 0 Å². The van der Waals surface area contributed by atoms with Crippen LogP contribution in [-0.2, 0) is 9.53 Å². The molecule has 3 rings (SSSR count). The molecule has 1 aromatic heterocycles. The first-order chi connectivity index (χ1) is 10.2. The molecule has 0 radical (unpaired) electrons. The third-order valence-electron chi connectivity index (χ3n) is 3.19. The van der Waals surface area contributed by atoms with Crippen molar-refractivity contribution in [3.63, 3.8) is 0 Å². The van der Waals surface area contributed by atoms with Crippen LogP contribution in [0.4, 0.5) is 15.2 Å². The SMILES string of the molecule is O=C(Nc1nccs1)C1CN(c2cccc(F)c2)CCO1. The van der Waals surface area contributed by atoms with Crippen LogP contribution in [0.1, 0.15) is 0 Å². The highest BCUT2D eigenvalue weighted by Gasteiger charge is 2.27. The number of aromatic nitrogens is 1. The predicted octanol–water partition coefficient (Wildman–Crippen LogP) is 2.13. The third kappa shape index (κ3) is 3.37. The number of ether oxygens (including phenoxy) is 1. The summed E-state index contributed by atoms with van der Waals surface area (Å²) in [5, 5.41) is 5.05. The lowest BCUT2D eigenvalue weighted by atomic mass is 10.2. The van der Waals surface area contributed by atoms with Crippen molar-refractivity contribution in [2.45, 2.75) is 6.10 Å². The molecular formula is C14H14FN3O2S. The molecule has 1 aromatic carbocycles. The number of hydrogen-bond donors (Lipinski definition) is 1. The monoisotopic (exact) mass is 307 g/mol. The second kappa shape index (κ2) is 6.19. The number of carbonyl (C=O) groups excluding carboxylic acids is 1. The highest BCUT2D eigenvalue weighted by molar-refractivity contribution is 7.13. The molecule has 1 aliphatic rings. The molecule has 0 bridgehead atoms. The van der Waals surface area contributed by atoms with Crippen molar-refractivity contribution in [1.82, 2.24) is 4.98 Å². The molecule has 1 saturated heterocycles. The minimum atomic E-state index is -0.592. The molecule has 110 valence electrons. The number of benzene rings is 1. The smallest absolute Gasteiger partial charge is 0.257 e. The van der Waals surface area contributed by atoms with Gasteiger partial charge in [0.15, 0.2) is 11.2 Å². The second-order valence-corrected chi connectivity index (χ2v) is 5.51. The van der Waals surface area contributed by atoms with Gasteiger partial charge in [0.05, 0.1) is 13.2 Å². The normalized spacial score (nSPS) is 18.5. The summed E-state index contributed by atoms with van der Waals surface area (Å²) in [6, 6.07) is 6.34. The Morgan fingerprint density at radius 2 is 2.43 bits per heavy atom. The number of morpholine rings is 1. The van der Waals surface area contributed by atoms with E-state index in [2.05, 4.69) is 10.3 Å². The highest BCUT2D eigenvalue weighted by atomic mass is 32.1. The lowest BCUT2D eigenvalue weighted by Crippen LogP contribution is -2.48. The maximum Gasteiger partial charge on any atom is 0.257 e. The molecule has 2 heterocycles. The van der Waals surface area contributed by atoms with E-state index in [4.69, 9.17) is 4.74 Å². The number of halogens is 1. The van der Waals surface area contributed by atoms with Crippen LogP contribution in [-0.4, -0.2) is 36.7 Å².